The highest BCUT2D eigenvalue weighted by Crippen LogP contribution is 2.27. The average Bonchev–Trinajstić information content (AvgIpc) is 2.96. The van der Waals surface area contributed by atoms with E-state index in [2.05, 4.69) is 5.32 Å². The van der Waals surface area contributed by atoms with E-state index in [4.69, 9.17) is 20.5 Å². The molecule has 0 atom stereocenters. The van der Waals surface area contributed by atoms with Crippen LogP contribution in [-0.2, 0) is 17.8 Å². The highest BCUT2D eigenvalue weighted by atomic mass is 16.6. The molecule has 1 aromatic rings. The largest absolute Gasteiger partial charge is 0.444 e. The van der Waals surface area contributed by atoms with Gasteiger partial charge in [0.05, 0.1) is 0 Å². The molecule has 1 aliphatic rings. The number of fused-ring (bicyclic) bond motifs is 1. The fourth-order valence-electron chi connectivity index (χ4n) is 2.36. The lowest BCUT2D eigenvalue weighted by Crippen LogP contribution is -2.33. The number of hydrogen-bond acceptors (Lipinski definition) is 6. The predicted molar refractivity (Wildman–Crippen MR) is 89.4 cm³/mol. The fourth-order valence-corrected chi connectivity index (χ4v) is 2.36. The van der Waals surface area contributed by atoms with E-state index in [0.29, 0.717) is 18.8 Å². The second-order valence-corrected chi connectivity index (χ2v) is 6.53. The number of nitrogens with one attached hydrogen (secondary N) is 1. The van der Waals surface area contributed by atoms with Crippen molar-refractivity contribution in [3.63, 3.8) is 0 Å². The number of rotatable bonds is 2. The lowest BCUT2D eigenvalue weighted by atomic mass is 10.1. The molecule has 7 heteroatoms. The molecule has 1 aromatic carbocycles. The molecule has 1 heterocycles. The Morgan fingerprint density at radius 1 is 1.12 bits per heavy atom. The Hall–Kier alpha value is -3.50. The molecule has 0 saturated heterocycles. The van der Waals surface area contributed by atoms with Crippen LogP contribution in [0, 0.1) is 34.0 Å². The minimum atomic E-state index is -0.559. The molecule has 0 unspecified atom stereocenters. The lowest BCUT2D eigenvalue weighted by Gasteiger charge is -2.24. The maximum Gasteiger partial charge on any atom is 0.410 e. The first-order chi connectivity index (χ1) is 11.8. The van der Waals surface area contributed by atoms with Crippen molar-refractivity contribution in [2.24, 2.45) is 0 Å². The SMILES string of the molecule is CC(C)(C)OC(=O)N1Cc2ccc(NC(C#N)=C(C#N)C#N)cc2C1. The van der Waals surface area contributed by atoms with Crippen molar-refractivity contribution in [3.8, 4) is 18.2 Å². The van der Waals surface area contributed by atoms with Gasteiger partial charge in [0.25, 0.3) is 0 Å². The molecule has 2 rings (SSSR count). The summed E-state index contributed by atoms with van der Waals surface area (Å²) < 4.78 is 5.37. The van der Waals surface area contributed by atoms with Gasteiger partial charge < -0.3 is 10.1 Å². The molecule has 0 radical (unpaired) electrons. The van der Waals surface area contributed by atoms with E-state index < -0.39 is 5.60 Å². The molecule has 0 spiro atoms. The number of allylic oxidation sites excluding steroid dienone is 2. The topological polar surface area (TPSA) is 113 Å². The van der Waals surface area contributed by atoms with Crippen LogP contribution in [0.3, 0.4) is 0 Å². The van der Waals surface area contributed by atoms with E-state index >= 15 is 0 Å². The first kappa shape index (κ1) is 17.8. The summed E-state index contributed by atoms with van der Waals surface area (Å²) >= 11 is 0. The summed E-state index contributed by atoms with van der Waals surface area (Å²) in [5.74, 6) is 0. The Morgan fingerprint density at radius 2 is 1.76 bits per heavy atom. The van der Waals surface area contributed by atoms with Gasteiger partial charge in [0, 0.05) is 18.8 Å². The Morgan fingerprint density at radius 3 is 2.32 bits per heavy atom. The molecule has 7 nitrogen and oxygen atoms in total. The van der Waals surface area contributed by atoms with Crippen molar-refractivity contribution in [2.45, 2.75) is 39.5 Å². The lowest BCUT2D eigenvalue weighted by molar-refractivity contribution is 0.0242. The number of anilines is 1. The smallest absolute Gasteiger partial charge is 0.410 e. The number of nitriles is 3. The maximum atomic E-state index is 12.2. The van der Waals surface area contributed by atoms with Gasteiger partial charge in [-0.15, -0.1) is 0 Å². The van der Waals surface area contributed by atoms with Crippen LogP contribution in [0.2, 0.25) is 0 Å². The second-order valence-electron chi connectivity index (χ2n) is 6.53. The minimum absolute atomic E-state index is 0.105. The number of hydrogen-bond donors (Lipinski definition) is 1. The molecule has 25 heavy (non-hydrogen) atoms. The van der Waals surface area contributed by atoms with Gasteiger partial charge in [-0.05, 0) is 44.0 Å². The highest BCUT2D eigenvalue weighted by molar-refractivity contribution is 5.70. The summed E-state index contributed by atoms with van der Waals surface area (Å²) in [4.78, 5) is 13.8. The van der Waals surface area contributed by atoms with Crippen LogP contribution in [0.1, 0.15) is 31.9 Å². The first-order valence-electron chi connectivity index (χ1n) is 7.58. The number of amides is 1. The molecule has 0 aliphatic carbocycles. The van der Waals surface area contributed by atoms with Gasteiger partial charge in [-0.25, -0.2) is 4.79 Å². The summed E-state index contributed by atoms with van der Waals surface area (Å²) in [7, 11) is 0. The molecule has 0 saturated carbocycles. The van der Waals surface area contributed by atoms with Crippen LogP contribution in [0.5, 0.6) is 0 Å². The van der Waals surface area contributed by atoms with Crippen LogP contribution in [0.25, 0.3) is 0 Å². The zero-order chi connectivity index (χ0) is 18.6. The molecule has 1 N–H and O–H groups in total. The number of ether oxygens (including phenoxy) is 1. The third-order valence-corrected chi connectivity index (χ3v) is 3.44. The molecular weight excluding hydrogens is 318 g/mol. The van der Waals surface area contributed by atoms with Gasteiger partial charge in [0.2, 0.25) is 0 Å². The highest BCUT2D eigenvalue weighted by Gasteiger charge is 2.27. The minimum Gasteiger partial charge on any atom is -0.444 e. The van der Waals surface area contributed by atoms with E-state index in [1.165, 1.54) is 0 Å². The van der Waals surface area contributed by atoms with Crippen molar-refractivity contribution in [2.75, 3.05) is 5.32 Å². The molecule has 0 fully saturated rings. The number of benzene rings is 1. The molecule has 1 amide bonds. The summed E-state index contributed by atoms with van der Waals surface area (Å²) in [6, 6.07) is 10.6. The Balaban J connectivity index is 2.17. The predicted octanol–water partition coefficient (Wildman–Crippen LogP) is 3.17. The monoisotopic (exact) mass is 335 g/mol. The van der Waals surface area contributed by atoms with Crippen LogP contribution < -0.4 is 5.32 Å². The normalized spacial score (nSPS) is 12.2. The summed E-state index contributed by atoms with van der Waals surface area (Å²) in [6.45, 7) is 6.29. The Bertz CT molecular complexity index is 843. The van der Waals surface area contributed by atoms with E-state index in [1.807, 2.05) is 32.9 Å². The van der Waals surface area contributed by atoms with Crippen molar-refractivity contribution in [1.29, 1.82) is 15.8 Å². The van der Waals surface area contributed by atoms with Crippen molar-refractivity contribution >= 4 is 11.8 Å². The van der Waals surface area contributed by atoms with E-state index in [-0.39, 0.29) is 17.4 Å². The van der Waals surface area contributed by atoms with Gasteiger partial charge in [-0.3, -0.25) is 4.90 Å². The van der Waals surface area contributed by atoms with Gasteiger partial charge in [0.15, 0.2) is 5.57 Å². The maximum absolute atomic E-state index is 12.2. The first-order valence-corrected chi connectivity index (χ1v) is 7.58. The number of carbonyl (C=O) groups is 1. The Kier molecular flexibility index (Phi) is 4.96. The number of nitrogens with zero attached hydrogens (tertiary/aromatic N) is 4. The van der Waals surface area contributed by atoms with Crippen molar-refractivity contribution in [3.05, 3.63) is 40.6 Å². The summed E-state index contributed by atoms with van der Waals surface area (Å²) in [5, 5.41) is 29.6. The van der Waals surface area contributed by atoms with E-state index in [0.717, 1.165) is 11.1 Å². The second kappa shape index (κ2) is 6.95. The molecule has 0 aromatic heterocycles. The molecule has 0 bridgehead atoms. The quantitative estimate of drug-likeness (QED) is 0.830. The summed E-state index contributed by atoms with van der Waals surface area (Å²) in [5.41, 5.74) is 1.54. The van der Waals surface area contributed by atoms with Gasteiger partial charge in [-0.1, -0.05) is 6.07 Å². The molecular formula is C18H17N5O2. The summed E-state index contributed by atoms with van der Waals surface area (Å²) in [6.07, 6.45) is -0.382. The van der Waals surface area contributed by atoms with E-state index in [9.17, 15) is 4.79 Å². The van der Waals surface area contributed by atoms with Crippen LogP contribution >= 0.6 is 0 Å². The third kappa shape index (κ3) is 4.28. The zero-order valence-corrected chi connectivity index (χ0v) is 14.3. The van der Waals surface area contributed by atoms with E-state index in [1.54, 1.807) is 29.2 Å². The third-order valence-electron chi connectivity index (χ3n) is 3.44. The zero-order valence-electron chi connectivity index (χ0n) is 14.3. The van der Waals surface area contributed by atoms with Gasteiger partial charge in [-0.2, -0.15) is 15.8 Å². The van der Waals surface area contributed by atoms with Crippen LogP contribution in [-0.4, -0.2) is 16.6 Å². The number of carbonyl (C=O) groups excluding carboxylic acids is 1. The fraction of sp³-hybridized carbons (Fsp3) is 0.333. The van der Waals surface area contributed by atoms with Gasteiger partial charge >= 0.3 is 6.09 Å². The average molecular weight is 335 g/mol. The standard InChI is InChI=1S/C18H17N5O2/c1-18(2,3)25-17(24)23-10-12-4-5-15(6-13(12)11-23)22-16(9-21)14(7-19)8-20/h4-6,22H,10-11H2,1-3H3. The molecule has 126 valence electrons. The van der Waals surface area contributed by atoms with Crippen LogP contribution in [0.4, 0.5) is 10.5 Å². The van der Waals surface area contributed by atoms with Crippen molar-refractivity contribution in [1.82, 2.24) is 4.90 Å². The molecule has 1 aliphatic heterocycles. The van der Waals surface area contributed by atoms with Crippen molar-refractivity contribution < 1.29 is 9.53 Å². The van der Waals surface area contributed by atoms with Crippen LogP contribution in [0.15, 0.2) is 29.5 Å². The Labute approximate surface area is 146 Å². The van der Waals surface area contributed by atoms with Gasteiger partial charge in [0.1, 0.15) is 29.5 Å².